The van der Waals surface area contributed by atoms with Crippen LogP contribution in [0, 0.1) is 0 Å². The molecule has 0 aliphatic heterocycles. The minimum absolute atomic E-state index is 0.194. The first-order chi connectivity index (χ1) is 15.8. The zero-order valence-corrected chi connectivity index (χ0v) is 19.2. The fourth-order valence-corrected chi connectivity index (χ4v) is 3.16. The third kappa shape index (κ3) is 5.42. The molecule has 0 bridgehead atoms. The van der Waals surface area contributed by atoms with Gasteiger partial charge in [0, 0.05) is 23.2 Å². The Morgan fingerprint density at radius 2 is 1.09 bits per heavy atom. The van der Waals surface area contributed by atoms with Crippen molar-refractivity contribution < 1.29 is 17.6 Å². The van der Waals surface area contributed by atoms with Crippen molar-refractivity contribution in [1.82, 2.24) is 9.97 Å². The average molecular weight is 503 g/mol. The van der Waals surface area contributed by atoms with Crippen molar-refractivity contribution in [3.63, 3.8) is 0 Å². The number of rotatable bonds is 4. The van der Waals surface area contributed by atoms with Crippen LogP contribution in [0.2, 0.25) is 0 Å². The molecule has 32 heavy (non-hydrogen) atoms. The quantitative estimate of drug-likeness (QED) is 0.192. The number of aliphatic imine (C=N–C) groups is 2. The summed E-state index contributed by atoms with van der Waals surface area (Å²) in [6.07, 6.45) is 6.93. The van der Waals surface area contributed by atoms with E-state index in [-0.39, 0.29) is 13.1 Å². The molecule has 0 spiro atoms. The standard InChI is InChI=1S/C24H16N4O.2ClH.Fe/c1-5-17-7-3-13-25-23(17)21(9-1)27-15-19-11-12-20(29-19)16-28-22-10-2-6-18-8-4-14-26-24(18)22;;;/h1-16H;2*1H;/q;;;+2/p-2. The van der Waals surface area contributed by atoms with E-state index in [1.807, 2.05) is 72.8 Å². The minimum atomic E-state index is 0.194. The van der Waals surface area contributed by atoms with Crippen molar-refractivity contribution in [3.8, 4) is 0 Å². The predicted molar refractivity (Wildman–Crippen MR) is 128 cm³/mol. The fraction of sp³-hybridized carbons (Fsp3) is 0. The Balaban J connectivity index is 0.000000775. The van der Waals surface area contributed by atoms with E-state index in [1.165, 1.54) is 0 Å². The van der Waals surface area contributed by atoms with E-state index in [0.29, 0.717) is 11.5 Å². The molecular formula is C24H16Cl2FeN4O. The second kappa shape index (κ2) is 11.0. The fourth-order valence-electron chi connectivity index (χ4n) is 3.16. The third-order valence-corrected chi connectivity index (χ3v) is 4.53. The van der Waals surface area contributed by atoms with Crippen LogP contribution in [-0.2, 0) is 13.1 Å². The number of hydrogen-bond acceptors (Lipinski definition) is 5. The van der Waals surface area contributed by atoms with Crippen LogP contribution >= 0.6 is 20.2 Å². The van der Waals surface area contributed by atoms with Gasteiger partial charge in [-0.15, -0.1) is 0 Å². The molecule has 5 nitrogen and oxygen atoms in total. The second-order valence-electron chi connectivity index (χ2n) is 6.51. The van der Waals surface area contributed by atoms with Gasteiger partial charge in [-0.3, -0.25) is 20.0 Å². The normalized spacial score (nSPS) is 11.4. The van der Waals surface area contributed by atoms with E-state index in [4.69, 9.17) is 24.6 Å². The average Bonchev–Trinajstić information content (AvgIpc) is 3.30. The van der Waals surface area contributed by atoms with Crippen molar-refractivity contribution in [2.75, 3.05) is 0 Å². The van der Waals surface area contributed by atoms with Gasteiger partial charge < -0.3 is 4.42 Å². The van der Waals surface area contributed by atoms with Crippen molar-refractivity contribution >= 4 is 65.8 Å². The van der Waals surface area contributed by atoms with Crippen LogP contribution in [0.1, 0.15) is 11.5 Å². The predicted octanol–water partition coefficient (Wildman–Crippen LogP) is 7.25. The van der Waals surface area contributed by atoms with Gasteiger partial charge in [0.15, 0.2) is 0 Å². The van der Waals surface area contributed by atoms with Gasteiger partial charge in [0.1, 0.15) is 11.5 Å². The maximum absolute atomic E-state index is 5.81. The summed E-state index contributed by atoms with van der Waals surface area (Å²) in [5, 5.41) is 2.11. The Morgan fingerprint density at radius 1 is 0.656 bits per heavy atom. The van der Waals surface area contributed by atoms with Crippen LogP contribution in [0.15, 0.2) is 99.6 Å². The van der Waals surface area contributed by atoms with Crippen LogP contribution < -0.4 is 0 Å². The van der Waals surface area contributed by atoms with E-state index in [0.717, 1.165) is 33.2 Å². The van der Waals surface area contributed by atoms with Crippen molar-refractivity contribution in [3.05, 3.63) is 96.7 Å². The molecule has 8 heteroatoms. The molecule has 5 rings (SSSR count). The van der Waals surface area contributed by atoms with Gasteiger partial charge in [-0.05, 0) is 36.4 Å². The van der Waals surface area contributed by atoms with Crippen molar-refractivity contribution in [2.24, 2.45) is 9.98 Å². The maximum atomic E-state index is 5.81. The first-order valence-electron chi connectivity index (χ1n) is 9.49. The summed E-state index contributed by atoms with van der Waals surface area (Å²) in [4.78, 5) is 17.9. The van der Waals surface area contributed by atoms with Crippen LogP contribution in [0.3, 0.4) is 0 Å². The zero-order valence-electron chi connectivity index (χ0n) is 16.5. The second-order valence-corrected chi connectivity index (χ2v) is 8.34. The Labute approximate surface area is 199 Å². The number of benzene rings is 2. The summed E-state index contributed by atoms with van der Waals surface area (Å²) < 4.78 is 5.81. The van der Waals surface area contributed by atoms with Crippen molar-refractivity contribution in [1.29, 1.82) is 0 Å². The van der Waals surface area contributed by atoms with Crippen LogP contribution in [0.25, 0.3) is 21.8 Å². The van der Waals surface area contributed by atoms with Crippen LogP contribution in [0.4, 0.5) is 11.4 Å². The number of nitrogens with zero attached hydrogens (tertiary/aromatic N) is 4. The number of furan rings is 1. The van der Waals surface area contributed by atoms with Gasteiger partial charge in [-0.2, -0.15) is 0 Å². The number of hydrogen-bond donors (Lipinski definition) is 0. The van der Waals surface area contributed by atoms with E-state index in [2.05, 4.69) is 20.0 Å². The van der Waals surface area contributed by atoms with Crippen molar-refractivity contribution in [2.45, 2.75) is 0 Å². The van der Waals surface area contributed by atoms with E-state index in [9.17, 15) is 0 Å². The summed E-state index contributed by atoms with van der Waals surface area (Å²) >= 11 is 0.194. The Kier molecular flexibility index (Phi) is 7.64. The molecule has 3 aromatic heterocycles. The molecule has 0 atom stereocenters. The Bertz CT molecular complexity index is 1290. The van der Waals surface area contributed by atoms with Gasteiger partial charge in [0.2, 0.25) is 0 Å². The monoisotopic (exact) mass is 502 g/mol. The van der Waals surface area contributed by atoms with Gasteiger partial charge in [-0.25, -0.2) is 0 Å². The van der Waals surface area contributed by atoms with Gasteiger partial charge in [0.25, 0.3) is 0 Å². The summed E-state index contributed by atoms with van der Waals surface area (Å²) in [6, 6.07) is 23.4. The topological polar surface area (TPSA) is 63.6 Å². The molecule has 0 unspecified atom stereocenters. The van der Waals surface area contributed by atoms with E-state index < -0.39 is 0 Å². The summed E-state index contributed by atoms with van der Waals surface area (Å²) in [6.45, 7) is 0. The molecule has 0 radical (unpaired) electrons. The van der Waals surface area contributed by atoms with E-state index in [1.54, 1.807) is 24.8 Å². The van der Waals surface area contributed by atoms with Crippen LogP contribution in [0.5, 0.6) is 0 Å². The molecule has 0 aliphatic carbocycles. The Hall–Kier alpha value is -3.02. The molecule has 0 N–H and O–H groups in total. The molecule has 160 valence electrons. The molecule has 3 heterocycles. The molecule has 0 amide bonds. The molecule has 0 saturated carbocycles. The molecule has 0 saturated heterocycles. The summed E-state index contributed by atoms with van der Waals surface area (Å²) in [5.74, 6) is 1.30. The Morgan fingerprint density at radius 3 is 1.56 bits per heavy atom. The number of halogens is 2. The zero-order chi connectivity index (χ0) is 22.2. The van der Waals surface area contributed by atoms with Crippen LogP contribution in [-0.4, -0.2) is 22.4 Å². The molecular weight excluding hydrogens is 487 g/mol. The SMILES string of the molecule is C(=Nc1cccc2cccnc12)c1ccc(C=Nc2cccc3cccnc23)o1.[Cl][Fe][Cl]. The number of pyridine rings is 2. The first-order valence-corrected chi connectivity index (χ1v) is 12.5. The number of fused-ring (bicyclic) bond motifs is 2. The third-order valence-electron chi connectivity index (χ3n) is 4.53. The number of para-hydroxylation sites is 2. The van der Waals surface area contributed by atoms with E-state index >= 15 is 0 Å². The summed E-state index contributed by atoms with van der Waals surface area (Å²) in [7, 11) is 9.53. The van der Waals surface area contributed by atoms with Gasteiger partial charge in [0.05, 0.1) is 34.8 Å². The molecule has 5 aromatic rings. The summed E-state index contributed by atoms with van der Waals surface area (Å²) in [5.41, 5.74) is 3.33. The number of aromatic nitrogens is 2. The van der Waals surface area contributed by atoms with Gasteiger partial charge in [-0.1, -0.05) is 36.4 Å². The molecule has 2 aromatic carbocycles. The molecule has 0 fully saturated rings. The van der Waals surface area contributed by atoms with Gasteiger partial charge >= 0.3 is 33.3 Å². The first kappa shape index (κ1) is 22.2. The molecule has 0 aliphatic rings.